The Hall–Kier alpha value is -2.89. The predicted molar refractivity (Wildman–Crippen MR) is 77.5 cm³/mol. The summed E-state index contributed by atoms with van der Waals surface area (Å²) >= 11 is 0. The highest BCUT2D eigenvalue weighted by atomic mass is 16.5. The minimum absolute atomic E-state index is 0.160. The van der Waals surface area contributed by atoms with Crippen LogP contribution in [0.4, 0.5) is 5.69 Å². The number of para-hydroxylation sites is 2. The smallest absolute Gasteiger partial charge is 0.264 e. The summed E-state index contributed by atoms with van der Waals surface area (Å²) in [5.74, 6) is 1.40. The molecule has 6 nitrogen and oxygen atoms in total. The molecule has 0 atom stereocenters. The van der Waals surface area contributed by atoms with Crippen molar-refractivity contribution in [3.8, 4) is 17.3 Å². The maximum absolute atomic E-state index is 5.80. The third-order valence-electron chi connectivity index (χ3n) is 2.86. The molecular weight excluding hydrogens is 268 g/mol. The Labute approximate surface area is 121 Å². The standard InChI is InChI=1S/C15H14N4O2/c1-10-5-4-7-12(17-10)15-18-14(21-19-15)9-20-13-8-3-2-6-11(13)16/h2-8H,9,16H2,1H3. The summed E-state index contributed by atoms with van der Waals surface area (Å²) in [7, 11) is 0. The second-order valence-electron chi connectivity index (χ2n) is 4.50. The van der Waals surface area contributed by atoms with Gasteiger partial charge in [0.15, 0.2) is 6.61 Å². The number of nitrogen functional groups attached to an aromatic ring is 1. The van der Waals surface area contributed by atoms with E-state index in [-0.39, 0.29) is 6.61 Å². The van der Waals surface area contributed by atoms with Crippen molar-refractivity contribution < 1.29 is 9.26 Å². The Morgan fingerprint density at radius 3 is 2.76 bits per heavy atom. The average Bonchev–Trinajstić information content (AvgIpc) is 2.95. The third kappa shape index (κ3) is 3.00. The van der Waals surface area contributed by atoms with E-state index in [1.807, 2.05) is 37.3 Å². The van der Waals surface area contributed by atoms with Crippen LogP contribution in [0.2, 0.25) is 0 Å². The van der Waals surface area contributed by atoms with E-state index in [0.717, 1.165) is 5.69 Å². The van der Waals surface area contributed by atoms with Gasteiger partial charge in [-0.1, -0.05) is 23.4 Å². The van der Waals surface area contributed by atoms with E-state index in [4.69, 9.17) is 15.0 Å². The molecule has 0 unspecified atom stereocenters. The van der Waals surface area contributed by atoms with Crippen molar-refractivity contribution in [2.75, 3.05) is 5.73 Å². The third-order valence-corrected chi connectivity index (χ3v) is 2.86. The Kier molecular flexibility index (Phi) is 3.51. The molecule has 2 heterocycles. The molecule has 1 aromatic carbocycles. The molecule has 0 fully saturated rings. The first-order valence-electron chi connectivity index (χ1n) is 6.46. The SMILES string of the molecule is Cc1cccc(-c2noc(COc3ccccc3N)n2)n1. The Balaban J connectivity index is 1.72. The van der Waals surface area contributed by atoms with Gasteiger partial charge in [-0.15, -0.1) is 0 Å². The summed E-state index contributed by atoms with van der Waals surface area (Å²) in [6.45, 7) is 2.07. The molecule has 0 aliphatic heterocycles. The average molecular weight is 282 g/mol. The summed E-state index contributed by atoms with van der Waals surface area (Å²) in [5, 5.41) is 3.90. The maximum Gasteiger partial charge on any atom is 0.264 e. The molecule has 21 heavy (non-hydrogen) atoms. The van der Waals surface area contributed by atoms with Gasteiger partial charge >= 0.3 is 0 Å². The van der Waals surface area contributed by atoms with E-state index in [1.165, 1.54) is 0 Å². The lowest BCUT2D eigenvalue weighted by atomic mass is 10.3. The number of pyridine rings is 1. The van der Waals surface area contributed by atoms with E-state index in [2.05, 4.69) is 15.1 Å². The minimum atomic E-state index is 0.160. The number of hydrogen-bond donors (Lipinski definition) is 1. The van der Waals surface area contributed by atoms with Crippen molar-refractivity contribution >= 4 is 5.69 Å². The van der Waals surface area contributed by atoms with Crippen LogP contribution in [-0.2, 0) is 6.61 Å². The van der Waals surface area contributed by atoms with E-state index < -0.39 is 0 Å². The zero-order valence-electron chi connectivity index (χ0n) is 11.5. The van der Waals surface area contributed by atoms with Gasteiger partial charge in [-0.25, -0.2) is 4.98 Å². The molecule has 0 aliphatic carbocycles. The minimum Gasteiger partial charge on any atom is -0.482 e. The van der Waals surface area contributed by atoms with Crippen molar-refractivity contribution in [2.24, 2.45) is 0 Å². The molecule has 0 radical (unpaired) electrons. The number of aryl methyl sites for hydroxylation is 1. The molecule has 0 saturated heterocycles. The van der Waals surface area contributed by atoms with Crippen molar-refractivity contribution in [2.45, 2.75) is 13.5 Å². The highest BCUT2D eigenvalue weighted by Crippen LogP contribution is 2.21. The number of hydrogen-bond acceptors (Lipinski definition) is 6. The zero-order chi connectivity index (χ0) is 14.7. The van der Waals surface area contributed by atoms with Gasteiger partial charge in [0.1, 0.15) is 11.4 Å². The predicted octanol–water partition coefficient (Wildman–Crippen LogP) is 2.60. The molecule has 0 saturated carbocycles. The van der Waals surface area contributed by atoms with Gasteiger partial charge in [0, 0.05) is 5.69 Å². The second-order valence-corrected chi connectivity index (χ2v) is 4.50. The van der Waals surface area contributed by atoms with Crippen molar-refractivity contribution in [3.63, 3.8) is 0 Å². The fourth-order valence-electron chi connectivity index (χ4n) is 1.84. The quantitative estimate of drug-likeness (QED) is 0.740. The first-order valence-corrected chi connectivity index (χ1v) is 6.46. The number of anilines is 1. The number of benzene rings is 1. The fraction of sp³-hybridized carbons (Fsp3) is 0.133. The monoisotopic (exact) mass is 282 g/mol. The van der Waals surface area contributed by atoms with E-state index in [0.29, 0.717) is 28.8 Å². The lowest BCUT2D eigenvalue weighted by Gasteiger charge is -2.05. The molecular formula is C15H14N4O2. The molecule has 0 bridgehead atoms. The van der Waals surface area contributed by atoms with Crippen LogP contribution in [0.5, 0.6) is 5.75 Å². The topological polar surface area (TPSA) is 87.1 Å². The normalized spacial score (nSPS) is 10.5. The fourth-order valence-corrected chi connectivity index (χ4v) is 1.84. The Morgan fingerprint density at radius 2 is 1.95 bits per heavy atom. The van der Waals surface area contributed by atoms with Crippen LogP contribution in [0.1, 0.15) is 11.6 Å². The maximum atomic E-state index is 5.80. The zero-order valence-corrected chi connectivity index (χ0v) is 11.5. The van der Waals surface area contributed by atoms with Crippen molar-refractivity contribution in [1.82, 2.24) is 15.1 Å². The number of rotatable bonds is 4. The highest BCUT2D eigenvalue weighted by Gasteiger charge is 2.11. The molecule has 2 aromatic heterocycles. The largest absolute Gasteiger partial charge is 0.482 e. The lowest BCUT2D eigenvalue weighted by Crippen LogP contribution is -1.98. The molecule has 3 aromatic rings. The Morgan fingerprint density at radius 1 is 1.10 bits per heavy atom. The first-order chi connectivity index (χ1) is 10.2. The van der Waals surface area contributed by atoms with E-state index >= 15 is 0 Å². The van der Waals surface area contributed by atoms with Crippen molar-refractivity contribution in [3.05, 3.63) is 54.0 Å². The molecule has 0 spiro atoms. The van der Waals surface area contributed by atoms with Gasteiger partial charge in [-0.05, 0) is 31.2 Å². The summed E-state index contributed by atoms with van der Waals surface area (Å²) in [4.78, 5) is 8.60. The van der Waals surface area contributed by atoms with Crippen LogP contribution in [0.3, 0.4) is 0 Å². The number of aromatic nitrogens is 3. The van der Waals surface area contributed by atoms with Gasteiger partial charge in [0.05, 0.1) is 5.69 Å². The van der Waals surface area contributed by atoms with Crippen LogP contribution >= 0.6 is 0 Å². The van der Waals surface area contributed by atoms with Gasteiger partial charge in [0.25, 0.3) is 5.89 Å². The van der Waals surface area contributed by atoms with E-state index in [1.54, 1.807) is 12.1 Å². The lowest BCUT2D eigenvalue weighted by molar-refractivity contribution is 0.244. The Bertz CT molecular complexity index is 755. The van der Waals surface area contributed by atoms with Gasteiger partial charge in [0.2, 0.25) is 5.82 Å². The van der Waals surface area contributed by atoms with Crippen LogP contribution < -0.4 is 10.5 Å². The van der Waals surface area contributed by atoms with Gasteiger partial charge < -0.3 is 15.0 Å². The van der Waals surface area contributed by atoms with Crippen LogP contribution in [-0.4, -0.2) is 15.1 Å². The molecule has 2 N–H and O–H groups in total. The molecule has 6 heteroatoms. The number of nitrogens with zero attached hydrogens (tertiary/aromatic N) is 3. The van der Waals surface area contributed by atoms with Gasteiger partial charge in [-0.2, -0.15) is 4.98 Å². The van der Waals surface area contributed by atoms with Crippen LogP contribution in [0.15, 0.2) is 47.0 Å². The van der Waals surface area contributed by atoms with Crippen LogP contribution in [0.25, 0.3) is 11.5 Å². The second kappa shape index (κ2) is 5.62. The summed E-state index contributed by atoms with van der Waals surface area (Å²) in [6, 6.07) is 12.9. The summed E-state index contributed by atoms with van der Waals surface area (Å²) < 4.78 is 10.7. The summed E-state index contributed by atoms with van der Waals surface area (Å²) in [5.41, 5.74) is 7.93. The van der Waals surface area contributed by atoms with Crippen molar-refractivity contribution in [1.29, 1.82) is 0 Å². The number of ether oxygens (including phenoxy) is 1. The van der Waals surface area contributed by atoms with Gasteiger partial charge in [-0.3, -0.25) is 0 Å². The van der Waals surface area contributed by atoms with Crippen LogP contribution in [0, 0.1) is 6.92 Å². The van der Waals surface area contributed by atoms with E-state index in [9.17, 15) is 0 Å². The molecule has 3 rings (SSSR count). The highest BCUT2D eigenvalue weighted by molar-refractivity contribution is 5.52. The molecule has 0 aliphatic rings. The first kappa shape index (κ1) is 13.1. The molecule has 0 amide bonds. The summed E-state index contributed by atoms with van der Waals surface area (Å²) in [6.07, 6.45) is 0. The number of nitrogens with two attached hydrogens (primary N) is 1. The molecule has 106 valence electrons.